The minimum absolute atomic E-state index is 0.144. The maximum atomic E-state index is 13.5. The minimum Gasteiger partial charge on any atom is -0.454 e. The molecule has 0 saturated carbocycles. The lowest BCUT2D eigenvalue weighted by molar-refractivity contribution is -0.115. The Morgan fingerprint density at radius 2 is 1.83 bits per heavy atom. The zero-order valence-corrected chi connectivity index (χ0v) is 19.4. The van der Waals surface area contributed by atoms with Crippen molar-refractivity contribution < 1.29 is 23.5 Å². The zero-order valence-electron chi connectivity index (χ0n) is 18.6. The van der Waals surface area contributed by atoms with Crippen molar-refractivity contribution in [3.05, 3.63) is 89.9 Å². The van der Waals surface area contributed by atoms with Crippen molar-refractivity contribution in [2.75, 3.05) is 17.0 Å². The second-order valence-electron chi connectivity index (χ2n) is 7.77. The molecule has 1 N–H and O–H groups in total. The van der Waals surface area contributed by atoms with Gasteiger partial charge in [-0.15, -0.1) is 0 Å². The second-order valence-corrected chi connectivity index (χ2v) is 9.08. The molecular formula is C26H20FN3O4S. The van der Waals surface area contributed by atoms with Gasteiger partial charge in [0.05, 0.1) is 10.9 Å². The van der Waals surface area contributed by atoms with Gasteiger partial charge >= 0.3 is 0 Å². The molecule has 7 nitrogen and oxygen atoms in total. The average molecular weight is 490 g/mol. The number of amidine groups is 1. The first kappa shape index (κ1) is 22.7. The molecule has 2 aliphatic heterocycles. The number of nitrogens with zero attached hydrogens (tertiary/aromatic N) is 2. The number of carbonyl (C=O) groups is 2. The highest BCUT2D eigenvalue weighted by Gasteiger charge is 2.34. The van der Waals surface area contributed by atoms with E-state index in [1.165, 1.54) is 29.2 Å². The van der Waals surface area contributed by atoms with E-state index >= 15 is 0 Å². The van der Waals surface area contributed by atoms with Crippen LogP contribution >= 0.6 is 11.8 Å². The molecule has 0 aliphatic carbocycles. The maximum absolute atomic E-state index is 13.5. The number of rotatable bonds is 5. The molecule has 3 aromatic rings. The van der Waals surface area contributed by atoms with Crippen LogP contribution in [0, 0.1) is 5.82 Å². The standard InChI is InChI=1S/C26H20FN3O4S/c1-16(24(31)28-19-9-12-22-23(14-19)34-15-33-22)35-26-29-21(13-17-5-3-2-4-6-17)25(32)30(26)20-10-7-18(27)8-11-20/h2-14,16H,15H2,1H3,(H,28,31). The number of hydrogen-bond acceptors (Lipinski definition) is 6. The molecule has 0 aromatic heterocycles. The first-order chi connectivity index (χ1) is 17.0. The Hall–Kier alpha value is -4.11. The predicted molar refractivity (Wildman–Crippen MR) is 134 cm³/mol. The van der Waals surface area contributed by atoms with Crippen molar-refractivity contribution >= 4 is 46.2 Å². The monoisotopic (exact) mass is 489 g/mol. The van der Waals surface area contributed by atoms with E-state index in [0.717, 1.165) is 17.3 Å². The highest BCUT2D eigenvalue weighted by Crippen LogP contribution is 2.35. The summed E-state index contributed by atoms with van der Waals surface area (Å²) in [5, 5.41) is 2.59. The van der Waals surface area contributed by atoms with Crippen LogP contribution in [0.15, 0.2) is 83.5 Å². The number of halogens is 1. The van der Waals surface area contributed by atoms with Crippen LogP contribution in [0.5, 0.6) is 11.5 Å². The summed E-state index contributed by atoms with van der Waals surface area (Å²) in [5.41, 5.74) is 2.07. The highest BCUT2D eigenvalue weighted by molar-refractivity contribution is 8.15. The Morgan fingerprint density at radius 1 is 1.09 bits per heavy atom. The van der Waals surface area contributed by atoms with Gasteiger partial charge in [0.1, 0.15) is 11.5 Å². The van der Waals surface area contributed by atoms with Gasteiger partial charge in [0, 0.05) is 11.8 Å². The van der Waals surface area contributed by atoms with Crippen LogP contribution in [-0.4, -0.2) is 29.0 Å². The first-order valence-corrected chi connectivity index (χ1v) is 11.7. The number of aliphatic imine (C=N–C) groups is 1. The number of fused-ring (bicyclic) bond motifs is 1. The molecule has 176 valence electrons. The molecule has 2 aliphatic rings. The molecule has 3 aromatic carbocycles. The smallest absolute Gasteiger partial charge is 0.283 e. The Kier molecular flexibility index (Phi) is 6.24. The van der Waals surface area contributed by atoms with Crippen LogP contribution in [0.2, 0.25) is 0 Å². The largest absolute Gasteiger partial charge is 0.454 e. The van der Waals surface area contributed by atoms with Crippen LogP contribution in [0.4, 0.5) is 15.8 Å². The van der Waals surface area contributed by atoms with E-state index in [1.807, 2.05) is 30.3 Å². The van der Waals surface area contributed by atoms with Crippen molar-refractivity contribution in [1.29, 1.82) is 0 Å². The van der Waals surface area contributed by atoms with Crippen molar-refractivity contribution in [2.45, 2.75) is 12.2 Å². The molecular weight excluding hydrogens is 469 g/mol. The number of nitrogens with one attached hydrogen (secondary N) is 1. The quantitative estimate of drug-likeness (QED) is 0.507. The maximum Gasteiger partial charge on any atom is 0.283 e. The van der Waals surface area contributed by atoms with Crippen molar-refractivity contribution in [3.8, 4) is 11.5 Å². The molecule has 2 heterocycles. The van der Waals surface area contributed by atoms with E-state index in [2.05, 4.69) is 10.3 Å². The molecule has 0 fully saturated rings. The summed E-state index contributed by atoms with van der Waals surface area (Å²) in [7, 11) is 0. The molecule has 0 radical (unpaired) electrons. The molecule has 2 amide bonds. The summed E-state index contributed by atoms with van der Waals surface area (Å²) in [4.78, 5) is 32.1. The van der Waals surface area contributed by atoms with E-state index in [4.69, 9.17) is 9.47 Å². The van der Waals surface area contributed by atoms with E-state index in [1.54, 1.807) is 31.2 Å². The molecule has 5 rings (SSSR count). The first-order valence-electron chi connectivity index (χ1n) is 10.8. The lowest BCUT2D eigenvalue weighted by Gasteiger charge is -2.20. The number of anilines is 2. The molecule has 1 atom stereocenters. The van der Waals surface area contributed by atoms with Crippen LogP contribution in [-0.2, 0) is 9.59 Å². The van der Waals surface area contributed by atoms with Crippen LogP contribution in [0.1, 0.15) is 12.5 Å². The van der Waals surface area contributed by atoms with Gasteiger partial charge in [0.25, 0.3) is 5.91 Å². The number of ether oxygens (including phenoxy) is 2. The fraction of sp³-hybridized carbons (Fsp3) is 0.115. The van der Waals surface area contributed by atoms with Crippen molar-refractivity contribution in [1.82, 2.24) is 0 Å². The Balaban J connectivity index is 1.38. The Labute approximate surface area is 205 Å². The summed E-state index contributed by atoms with van der Waals surface area (Å²) in [6.07, 6.45) is 1.68. The van der Waals surface area contributed by atoms with Crippen LogP contribution < -0.4 is 19.7 Å². The fourth-order valence-electron chi connectivity index (χ4n) is 3.53. The summed E-state index contributed by atoms with van der Waals surface area (Å²) in [5.74, 6) is 0.141. The number of hydrogen-bond donors (Lipinski definition) is 1. The molecule has 35 heavy (non-hydrogen) atoms. The van der Waals surface area contributed by atoms with Gasteiger partial charge < -0.3 is 14.8 Å². The van der Waals surface area contributed by atoms with Gasteiger partial charge in [-0.25, -0.2) is 9.38 Å². The minimum atomic E-state index is -0.592. The number of thioether (sulfide) groups is 1. The highest BCUT2D eigenvalue weighted by atomic mass is 32.2. The number of benzene rings is 3. The summed E-state index contributed by atoms with van der Waals surface area (Å²) in [6.45, 7) is 1.87. The number of carbonyl (C=O) groups excluding carboxylic acids is 2. The Morgan fingerprint density at radius 3 is 2.60 bits per heavy atom. The third kappa shape index (κ3) is 4.90. The fourth-order valence-corrected chi connectivity index (χ4v) is 4.46. The lowest BCUT2D eigenvalue weighted by Crippen LogP contribution is -2.33. The average Bonchev–Trinajstić information content (AvgIpc) is 3.44. The molecule has 0 saturated heterocycles. The predicted octanol–water partition coefficient (Wildman–Crippen LogP) is 5.06. The van der Waals surface area contributed by atoms with Crippen LogP contribution in [0.3, 0.4) is 0 Å². The van der Waals surface area contributed by atoms with Gasteiger partial charge in [-0.05, 0) is 55.0 Å². The second kappa shape index (κ2) is 9.63. The summed E-state index contributed by atoms with van der Waals surface area (Å²) < 4.78 is 24.2. The van der Waals surface area contributed by atoms with Gasteiger partial charge in [-0.3, -0.25) is 14.5 Å². The van der Waals surface area contributed by atoms with Gasteiger partial charge in [0.15, 0.2) is 16.7 Å². The molecule has 0 bridgehead atoms. The molecule has 1 unspecified atom stereocenters. The zero-order chi connectivity index (χ0) is 24.4. The van der Waals surface area contributed by atoms with Gasteiger partial charge in [-0.1, -0.05) is 42.1 Å². The SMILES string of the molecule is CC(SC1=NC(=Cc2ccccc2)C(=O)N1c1ccc(F)cc1)C(=O)Nc1ccc2c(c1)OCO2. The normalized spacial score (nSPS) is 16.4. The lowest BCUT2D eigenvalue weighted by atomic mass is 10.2. The third-order valence-corrected chi connectivity index (χ3v) is 6.36. The topological polar surface area (TPSA) is 80.2 Å². The summed E-state index contributed by atoms with van der Waals surface area (Å²) >= 11 is 1.14. The van der Waals surface area contributed by atoms with Crippen molar-refractivity contribution in [3.63, 3.8) is 0 Å². The Bertz CT molecular complexity index is 1340. The van der Waals surface area contributed by atoms with Gasteiger partial charge in [0.2, 0.25) is 12.7 Å². The number of amides is 2. The van der Waals surface area contributed by atoms with E-state index in [9.17, 15) is 14.0 Å². The summed E-state index contributed by atoms with van der Waals surface area (Å²) in [6, 6.07) is 20.1. The molecule has 9 heteroatoms. The molecule has 0 spiro atoms. The van der Waals surface area contributed by atoms with Gasteiger partial charge in [-0.2, -0.15) is 0 Å². The third-order valence-electron chi connectivity index (χ3n) is 5.31. The van der Waals surface area contributed by atoms with Crippen molar-refractivity contribution in [2.24, 2.45) is 4.99 Å². The van der Waals surface area contributed by atoms with E-state index in [-0.39, 0.29) is 24.3 Å². The van der Waals surface area contributed by atoms with E-state index < -0.39 is 11.1 Å². The van der Waals surface area contributed by atoms with Crippen LogP contribution in [0.25, 0.3) is 6.08 Å². The van der Waals surface area contributed by atoms with E-state index in [0.29, 0.717) is 28.0 Å².